The fraction of sp³-hybridized carbons (Fsp3) is 0.154. The number of nitrogens with zero attached hydrogens (tertiary/aromatic N) is 1. The molecule has 18 heavy (non-hydrogen) atoms. The Labute approximate surface area is 117 Å². The van der Waals surface area contributed by atoms with E-state index < -0.39 is 5.82 Å². The fourth-order valence-electron chi connectivity index (χ4n) is 1.69. The van der Waals surface area contributed by atoms with Crippen LogP contribution in [0.1, 0.15) is 11.1 Å². The number of halogens is 3. The molecule has 0 aliphatic carbocycles. The molecule has 0 aliphatic heterocycles. The number of rotatable bonds is 2. The summed E-state index contributed by atoms with van der Waals surface area (Å²) >= 11 is 9.00. The van der Waals surface area contributed by atoms with Crippen LogP contribution in [0.5, 0.6) is 0 Å². The molecular weight excluding hydrogens is 321 g/mol. The average molecular weight is 331 g/mol. The Balaban J connectivity index is 2.43. The normalized spacial score (nSPS) is 10.7. The second-order valence-corrected chi connectivity index (χ2v) is 5.36. The van der Waals surface area contributed by atoms with Gasteiger partial charge in [-0.1, -0.05) is 17.7 Å². The smallest absolute Gasteiger partial charge is 0.253 e. The summed E-state index contributed by atoms with van der Waals surface area (Å²) in [6.45, 7) is 1.91. The fourth-order valence-corrected chi connectivity index (χ4v) is 2.44. The van der Waals surface area contributed by atoms with Crippen molar-refractivity contribution in [2.75, 3.05) is 0 Å². The van der Waals surface area contributed by atoms with Crippen molar-refractivity contribution in [3.8, 4) is 0 Å². The molecule has 0 atom stereocenters. The van der Waals surface area contributed by atoms with Gasteiger partial charge < -0.3 is 4.57 Å². The number of hydrogen-bond acceptors (Lipinski definition) is 1. The van der Waals surface area contributed by atoms with Gasteiger partial charge in [0.25, 0.3) is 5.56 Å². The van der Waals surface area contributed by atoms with E-state index in [1.54, 1.807) is 31.3 Å². The number of hydrogen-bond donors (Lipinski definition) is 0. The predicted molar refractivity (Wildman–Crippen MR) is 73.7 cm³/mol. The van der Waals surface area contributed by atoms with E-state index in [9.17, 15) is 9.18 Å². The summed E-state index contributed by atoms with van der Waals surface area (Å²) in [6, 6.07) is 6.17. The summed E-state index contributed by atoms with van der Waals surface area (Å²) in [7, 11) is 0. The second kappa shape index (κ2) is 5.24. The van der Waals surface area contributed by atoms with Gasteiger partial charge in [0, 0.05) is 26.8 Å². The van der Waals surface area contributed by atoms with Crippen molar-refractivity contribution >= 4 is 27.5 Å². The number of benzene rings is 1. The van der Waals surface area contributed by atoms with Crippen LogP contribution in [0.15, 0.2) is 39.7 Å². The molecular formula is C13H10BrClFNO. The van der Waals surface area contributed by atoms with Crippen LogP contribution in [0.25, 0.3) is 0 Å². The van der Waals surface area contributed by atoms with Crippen LogP contribution in [0, 0.1) is 12.7 Å². The van der Waals surface area contributed by atoms with E-state index >= 15 is 0 Å². The lowest BCUT2D eigenvalue weighted by Gasteiger charge is -2.09. The van der Waals surface area contributed by atoms with Gasteiger partial charge in [-0.15, -0.1) is 0 Å². The summed E-state index contributed by atoms with van der Waals surface area (Å²) in [5.41, 5.74) is 0.908. The first kappa shape index (κ1) is 13.3. The van der Waals surface area contributed by atoms with Crippen LogP contribution >= 0.6 is 27.5 Å². The lowest BCUT2D eigenvalue weighted by Crippen LogP contribution is -2.22. The predicted octanol–water partition coefficient (Wildman–Crippen LogP) is 3.76. The molecule has 0 aliphatic rings. The van der Waals surface area contributed by atoms with Crippen LogP contribution in [0.2, 0.25) is 5.02 Å². The third-order valence-corrected chi connectivity index (χ3v) is 3.26. The molecule has 1 aromatic heterocycles. The van der Waals surface area contributed by atoms with Gasteiger partial charge in [0.1, 0.15) is 5.82 Å². The van der Waals surface area contributed by atoms with E-state index in [0.717, 1.165) is 4.47 Å². The Morgan fingerprint density at radius 3 is 2.78 bits per heavy atom. The molecule has 0 fully saturated rings. The van der Waals surface area contributed by atoms with Gasteiger partial charge in [-0.2, -0.15) is 0 Å². The van der Waals surface area contributed by atoms with Gasteiger partial charge in [-0.3, -0.25) is 4.79 Å². The first-order chi connectivity index (χ1) is 8.47. The molecule has 94 valence electrons. The van der Waals surface area contributed by atoms with Gasteiger partial charge in [0.15, 0.2) is 0 Å². The second-order valence-electron chi connectivity index (χ2n) is 4.01. The molecule has 0 saturated carbocycles. The molecule has 0 N–H and O–H groups in total. The van der Waals surface area contributed by atoms with Crippen molar-refractivity contribution in [2.24, 2.45) is 0 Å². The largest absolute Gasteiger partial charge is 0.310 e. The van der Waals surface area contributed by atoms with E-state index in [-0.39, 0.29) is 12.1 Å². The highest BCUT2D eigenvalue weighted by Crippen LogP contribution is 2.16. The standard InChI is InChI=1S/C13H10BrClFNO/c1-8-4-10(14)7-17(13(8)18)6-9-2-3-11(15)5-12(9)16/h2-5,7H,6H2,1H3. The van der Waals surface area contributed by atoms with Crippen molar-refractivity contribution in [1.82, 2.24) is 4.57 Å². The van der Waals surface area contributed by atoms with Crippen molar-refractivity contribution in [1.29, 1.82) is 0 Å². The summed E-state index contributed by atoms with van der Waals surface area (Å²) in [5.74, 6) is -0.410. The van der Waals surface area contributed by atoms with Gasteiger partial charge in [-0.05, 0) is 41.1 Å². The summed E-state index contributed by atoms with van der Waals surface area (Å²) in [5, 5.41) is 0.342. The monoisotopic (exact) mass is 329 g/mol. The van der Waals surface area contributed by atoms with E-state index in [4.69, 9.17) is 11.6 Å². The number of aromatic nitrogens is 1. The molecule has 2 aromatic rings. The Morgan fingerprint density at radius 2 is 2.11 bits per heavy atom. The third kappa shape index (κ3) is 2.82. The Hall–Kier alpha value is -1.13. The molecule has 0 amide bonds. The molecule has 5 heteroatoms. The topological polar surface area (TPSA) is 22.0 Å². The van der Waals surface area contributed by atoms with Crippen molar-refractivity contribution in [2.45, 2.75) is 13.5 Å². The first-order valence-corrected chi connectivity index (χ1v) is 6.45. The maximum absolute atomic E-state index is 13.7. The highest BCUT2D eigenvalue weighted by Gasteiger charge is 2.07. The van der Waals surface area contributed by atoms with Crippen LogP contribution in [-0.2, 0) is 6.54 Å². The Morgan fingerprint density at radius 1 is 1.39 bits per heavy atom. The molecule has 0 unspecified atom stereocenters. The highest BCUT2D eigenvalue weighted by molar-refractivity contribution is 9.10. The number of pyridine rings is 1. The average Bonchev–Trinajstić information content (AvgIpc) is 2.29. The Kier molecular flexibility index (Phi) is 3.88. The van der Waals surface area contributed by atoms with Crippen LogP contribution in [0.3, 0.4) is 0 Å². The Bertz CT molecular complexity index is 654. The zero-order chi connectivity index (χ0) is 13.3. The van der Waals surface area contributed by atoms with E-state index in [0.29, 0.717) is 16.1 Å². The number of aryl methyl sites for hydroxylation is 1. The van der Waals surface area contributed by atoms with Crippen LogP contribution in [0.4, 0.5) is 4.39 Å². The van der Waals surface area contributed by atoms with Crippen LogP contribution < -0.4 is 5.56 Å². The van der Waals surface area contributed by atoms with Gasteiger partial charge in [0.2, 0.25) is 0 Å². The maximum atomic E-state index is 13.7. The zero-order valence-corrected chi connectivity index (χ0v) is 11.9. The van der Waals surface area contributed by atoms with Crippen molar-refractivity contribution in [3.05, 3.63) is 67.3 Å². The van der Waals surface area contributed by atoms with Crippen molar-refractivity contribution < 1.29 is 4.39 Å². The molecule has 2 rings (SSSR count). The minimum Gasteiger partial charge on any atom is -0.310 e. The maximum Gasteiger partial charge on any atom is 0.253 e. The van der Waals surface area contributed by atoms with Gasteiger partial charge >= 0.3 is 0 Å². The third-order valence-electron chi connectivity index (χ3n) is 2.59. The SMILES string of the molecule is Cc1cc(Br)cn(Cc2ccc(Cl)cc2F)c1=O. The lowest BCUT2D eigenvalue weighted by molar-refractivity contribution is 0.595. The molecule has 0 bridgehead atoms. The molecule has 0 saturated heterocycles. The molecule has 2 nitrogen and oxygen atoms in total. The molecule has 1 aromatic carbocycles. The van der Waals surface area contributed by atoms with E-state index in [1.165, 1.54) is 10.6 Å². The first-order valence-electron chi connectivity index (χ1n) is 5.28. The summed E-state index contributed by atoms with van der Waals surface area (Å²) in [6.07, 6.45) is 1.64. The minimum atomic E-state index is -0.410. The van der Waals surface area contributed by atoms with E-state index in [2.05, 4.69) is 15.9 Å². The van der Waals surface area contributed by atoms with Gasteiger partial charge in [-0.25, -0.2) is 4.39 Å². The molecule has 0 radical (unpaired) electrons. The van der Waals surface area contributed by atoms with Crippen molar-refractivity contribution in [3.63, 3.8) is 0 Å². The zero-order valence-electron chi connectivity index (χ0n) is 9.58. The quantitative estimate of drug-likeness (QED) is 0.822. The molecule has 1 heterocycles. The summed E-state index contributed by atoms with van der Waals surface area (Å²) in [4.78, 5) is 11.9. The summed E-state index contributed by atoms with van der Waals surface area (Å²) < 4.78 is 15.9. The van der Waals surface area contributed by atoms with Crippen LogP contribution in [-0.4, -0.2) is 4.57 Å². The molecule has 0 spiro atoms. The van der Waals surface area contributed by atoms with E-state index in [1.807, 2.05) is 0 Å². The minimum absolute atomic E-state index is 0.132. The van der Waals surface area contributed by atoms with Gasteiger partial charge in [0.05, 0.1) is 6.54 Å². The highest BCUT2D eigenvalue weighted by atomic mass is 79.9. The lowest BCUT2D eigenvalue weighted by atomic mass is 10.2.